The van der Waals surface area contributed by atoms with E-state index in [1.54, 1.807) is 55.5 Å². The minimum absolute atomic E-state index is 0.0728. The molecule has 1 aliphatic heterocycles. The summed E-state index contributed by atoms with van der Waals surface area (Å²) in [5, 5.41) is 16.0. The summed E-state index contributed by atoms with van der Waals surface area (Å²) in [5.74, 6) is -0.534. The van der Waals surface area contributed by atoms with Crippen LogP contribution in [0.3, 0.4) is 0 Å². The van der Waals surface area contributed by atoms with Crippen molar-refractivity contribution in [2.24, 2.45) is 0 Å². The Morgan fingerprint density at radius 1 is 1.16 bits per heavy atom. The molecule has 1 N–H and O–H groups in total. The van der Waals surface area contributed by atoms with Gasteiger partial charge in [-0.3, -0.25) is 19.7 Å². The highest BCUT2D eigenvalue weighted by Gasteiger charge is 2.24. The number of hydrogen-bond acceptors (Lipinski definition) is 5. The lowest BCUT2D eigenvalue weighted by atomic mass is 10.0. The van der Waals surface area contributed by atoms with Gasteiger partial charge < -0.3 is 10.2 Å². The molecule has 0 saturated heterocycles. The fourth-order valence-corrected chi connectivity index (χ4v) is 4.63. The standard InChI is InChI=1S/C23H21N3O4S/c1-14-6-7-16(12-20(14)26(29)30)22(27)24-19-5-3-4-18(15(19)2)23(28)25-10-8-21-17(13-25)9-11-31-21/h3-7,9,11-12H,8,10,13H2,1-2H3,(H,24,27). The molecule has 8 heteroatoms. The summed E-state index contributed by atoms with van der Waals surface area (Å²) in [6.45, 7) is 4.66. The van der Waals surface area contributed by atoms with Crippen molar-refractivity contribution in [2.45, 2.75) is 26.8 Å². The molecule has 0 fully saturated rings. The first-order valence-corrected chi connectivity index (χ1v) is 10.7. The summed E-state index contributed by atoms with van der Waals surface area (Å²) in [7, 11) is 0. The van der Waals surface area contributed by atoms with Crippen molar-refractivity contribution >= 4 is 34.5 Å². The molecular formula is C23H21N3O4S. The minimum Gasteiger partial charge on any atom is -0.334 e. The summed E-state index contributed by atoms with van der Waals surface area (Å²) in [6.07, 6.45) is 0.848. The Morgan fingerprint density at radius 3 is 2.74 bits per heavy atom. The number of anilines is 1. The van der Waals surface area contributed by atoms with Crippen LogP contribution in [0.5, 0.6) is 0 Å². The first-order chi connectivity index (χ1) is 14.8. The number of fused-ring (bicyclic) bond motifs is 1. The van der Waals surface area contributed by atoms with E-state index in [9.17, 15) is 19.7 Å². The molecule has 158 valence electrons. The zero-order valence-electron chi connectivity index (χ0n) is 17.2. The van der Waals surface area contributed by atoms with Crippen molar-refractivity contribution < 1.29 is 14.5 Å². The second kappa shape index (κ2) is 8.31. The highest BCUT2D eigenvalue weighted by atomic mass is 32.1. The van der Waals surface area contributed by atoms with Gasteiger partial charge in [-0.1, -0.05) is 12.1 Å². The molecule has 0 aliphatic carbocycles. The fraction of sp³-hybridized carbons (Fsp3) is 0.217. The number of aryl methyl sites for hydroxylation is 1. The number of nitrogens with one attached hydrogen (secondary N) is 1. The van der Waals surface area contributed by atoms with E-state index in [2.05, 4.69) is 16.8 Å². The van der Waals surface area contributed by atoms with Crippen LogP contribution >= 0.6 is 11.3 Å². The van der Waals surface area contributed by atoms with Crippen molar-refractivity contribution in [1.29, 1.82) is 0 Å². The number of thiophene rings is 1. The summed E-state index contributed by atoms with van der Waals surface area (Å²) in [4.78, 5) is 39.7. The van der Waals surface area contributed by atoms with Crippen molar-refractivity contribution in [2.75, 3.05) is 11.9 Å². The predicted molar refractivity (Wildman–Crippen MR) is 120 cm³/mol. The molecule has 7 nitrogen and oxygen atoms in total. The Hall–Kier alpha value is -3.52. The second-order valence-corrected chi connectivity index (χ2v) is 8.54. The van der Waals surface area contributed by atoms with E-state index in [0.29, 0.717) is 35.5 Å². The van der Waals surface area contributed by atoms with E-state index >= 15 is 0 Å². The van der Waals surface area contributed by atoms with E-state index in [0.717, 1.165) is 6.42 Å². The molecule has 0 atom stereocenters. The van der Waals surface area contributed by atoms with Crippen LogP contribution in [0.1, 0.15) is 42.3 Å². The first-order valence-electron chi connectivity index (χ1n) is 9.85. The van der Waals surface area contributed by atoms with Gasteiger partial charge in [0, 0.05) is 46.4 Å². The van der Waals surface area contributed by atoms with Crippen LogP contribution in [0.25, 0.3) is 0 Å². The highest BCUT2D eigenvalue weighted by Crippen LogP contribution is 2.27. The third kappa shape index (κ3) is 4.06. The molecule has 2 heterocycles. The van der Waals surface area contributed by atoms with Crippen LogP contribution in [0.4, 0.5) is 11.4 Å². The Morgan fingerprint density at radius 2 is 1.97 bits per heavy atom. The molecule has 0 unspecified atom stereocenters. The number of rotatable bonds is 4. The van der Waals surface area contributed by atoms with Gasteiger partial charge in [0.2, 0.25) is 0 Å². The molecule has 1 aliphatic rings. The van der Waals surface area contributed by atoms with Crippen molar-refractivity contribution in [3.8, 4) is 0 Å². The summed E-state index contributed by atoms with van der Waals surface area (Å²) in [6, 6.07) is 11.6. The molecule has 2 aromatic carbocycles. The van der Waals surface area contributed by atoms with E-state index in [1.165, 1.54) is 16.5 Å². The molecule has 1 aromatic heterocycles. The summed E-state index contributed by atoms with van der Waals surface area (Å²) >= 11 is 1.72. The molecule has 0 saturated carbocycles. The van der Waals surface area contributed by atoms with Crippen LogP contribution in [0, 0.1) is 24.0 Å². The fourth-order valence-electron chi connectivity index (χ4n) is 3.74. The lowest BCUT2D eigenvalue weighted by Crippen LogP contribution is -2.35. The first kappa shape index (κ1) is 20.7. The second-order valence-electron chi connectivity index (χ2n) is 7.54. The molecule has 2 amide bonds. The molecule has 0 spiro atoms. The lowest BCUT2D eigenvalue weighted by molar-refractivity contribution is -0.385. The van der Waals surface area contributed by atoms with Gasteiger partial charge in [-0.05, 0) is 61.0 Å². The van der Waals surface area contributed by atoms with Crippen molar-refractivity contribution in [1.82, 2.24) is 4.90 Å². The zero-order chi connectivity index (χ0) is 22.1. The van der Waals surface area contributed by atoms with Crippen LogP contribution in [-0.4, -0.2) is 28.2 Å². The van der Waals surface area contributed by atoms with Crippen LogP contribution in [0.2, 0.25) is 0 Å². The third-order valence-corrected chi connectivity index (χ3v) is 6.60. The Balaban J connectivity index is 1.55. The average Bonchev–Trinajstić information content (AvgIpc) is 3.22. The SMILES string of the molecule is Cc1ccc(C(=O)Nc2cccc(C(=O)N3CCc4sccc4C3)c2C)cc1[N+](=O)[O-]. The van der Waals surface area contributed by atoms with Crippen molar-refractivity contribution in [3.63, 3.8) is 0 Å². The lowest BCUT2D eigenvalue weighted by Gasteiger charge is -2.28. The van der Waals surface area contributed by atoms with Gasteiger partial charge in [0.15, 0.2) is 0 Å². The van der Waals surface area contributed by atoms with Crippen LogP contribution in [-0.2, 0) is 13.0 Å². The predicted octanol–water partition coefficient (Wildman–Crippen LogP) is 4.72. The zero-order valence-corrected chi connectivity index (χ0v) is 18.0. The van der Waals surface area contributed by atoms with Gasteiger partial charge in [0.05, 0.1) is 4.92 Å². The number of hydrogen-bond donors (Lipinski definition) is 1. The maximum Gasteiger partial charge on any atom is 0.273 e. The Kier molecular flexibility index (Phi) is 5.56. The van der Waals surface area contributed by atoms with Gasteiger partial charge in [-0.15, -0.1) is 11.3 Å². The smallest absolute Gasteiger partial charge is 0.273 e. The van der Waals surface area contributed by atoms with Gasteiger partial charge in [-0.25, -0.2) is 0 Å². The number of nitro groups is 1. The number of carbonyl (C=O) groups is 2. The number of nitrogens with zero attached hydrogens (tertiary/aromatic N) is 2. The average molecular weight is 436 g/mol. The molecular weight excluding hydrogens is 414 g/mol. The highest BCUT2D eigenvalue weighted by molar-refractivity contribution is 7.10. The normalized spacial score (nSPS) is 12.9. The summed E-state index contributed by atoms with van der Waals surface area (Å²) in [5.41, 5.74) is 3.46. The molecule has 0 radical (unpaired) electrons. The number of benzene rings is 2. The van der Waals surface area contributed by atoms with E-state index in [1.807, 2.05) is 4.90 Å². The van der Waals surface area contributed by atoms with Gasteiger partial charge >= 0.3 is 0 Å². The van der Waals surface area contributed by atoms with Crippen molar-refractivity contribution in [3.05, 3.63) is 90.7 Å². The molecule has 0 bridgehead atoms. The number of amides is 2. The van der Waals surface area contributed by atoms with Crippen LogP contribution < -0.4 is 5.32 Å². The maximum absolute atomic E-state index is 13.2. The maximum atomic E-state index is 13.2. The summed E-state index contributed by atoms with van der Waals surface area (Å²) < 4.78 is 0. The third-order valence-electron chi connectivity index (χ3n) is 5.58. The van der Waals surface area contributed by atoms with Gasteiger partial charge in [0.25, 0.3) is 17.5 Å². The minimum atomic E-state index is -0.506. The van der Waals surface area contributed by atoms with E-state index in [-0.39, 0.29) is 17.2 Å². The van der Waals surface area contributed by atoms with E-state index in [4.69, 9.17) is 0 Å². The Labute approximate surface area is 183 Å². The molecule has 31 heavy (non-hydrogen) atoms. The van der Waals surface area contributed by atoms with Gasteiger partial charge in [-0.2, -0.15) is 0 Å². The van der Waals surface area contributed by atoms with E-state index < -0.39 is 10.8 Å². The topological polar surface area (TPSA) is 92.6 Å². The number of nitro benzene ring substituents is 1. The number of carbonyl (C=O) groups excluding carboxylic acids is 2. The molecule has 3 aromatic rings. The van der Waals surface area contributed by atoms with Gasteiger partial charge in [0.1, 0.15) is 0 Å². The molecule has 4 rings (SSSR count). The monoisotopic (exact) mass is 435 g/mol. The quantitative estimate of drug-likeness (QED) is 0.474. The Bertz CT molecular complexity index is 1200. The van der Waals surface area contributed by atoms with Crippen LogP contribution in [0.15, 0.2) is 47.8 Å². The largest absolute Gasteiger partial charge is 0.334 e.